The van der Waals surface area contributed by atoms with E-state index in [0.717, 1.165) is 11.1 Å². The Morgan fingerprint density at radius 2 is 1.60 bits per heavy atom. The van der Waals surface area contributed by atoms with Crippen LogP contribution in [0, 0.1) is 6.92 Å². The molecule has 1 N–H and O–H groups in total. The molecule has 0 spiro atoms. The number of hydrogen-bond acceptors (Lipinski definition) is 5. The van der Waals surface area contributed by atoms with Crippen molar-refractivity contribution in [1.29, 1.82) is 0 Å². The number of aryl methyl sites for hydroxylation is 1. The average molecular weight is 294 g/mol. The van der Waals surface area contributed by atoms with Crippen LogP contribution >= 0.6 is 11.3 Å². The lowest BCUT2D eigenvalue weighted by Gasteiger charge is -2.19. The summed E-state index contributed by atoms with van der Waals surface area (Å²) in [6.45, 7) is 1.97. The van der Waals surface area contributed by atoms with Crippen molar-refractivity contribution in [3.63, 3.8) is 0 Å². The smallest absolute Gasteiger partial charge is 0.132 e. The topological polar surface area (TPSA) is 47.9 Å². The van der Waals surface area contributed by atoms with Crippen LogP contribution in [0.5, 0.6) is 17.2 Å². The first kappa shape index (κ1) is 14.7. The van der Waals surface area contributed by atoms with Gasteiger partial charge in [0.05, 0.1) is 26.9 Å². The Balaban J connectivity index is 2.57. The summed E-state index contributed by atoms with van der Waals surface area (Å²) in [5.41, 5.74) is 2.51. The molecule has 1 atom stereocenters. The minimum absolute atomic E-state index is 0.541. The first-order valence-corrected chi connectivity index (χ1v) is 7.07. The number of hydrogen-bond donors (Lipinski definition) is 1. The summed E-state index contributed by atoms with van der Waals surface area (Å²) in [6.07, 6.45) is -0.794. The lowest BCUT2D eigenvalue weighted by atomic mass is 9.99. The second-order valence-electron chi connectivity index (χ2n) is 4.36. The van der Waals surface area contributed by atoms with E-state index in [9.17, 15) is 5.11 Å². The molecule has 1 aromatic carbocycles. The predicted molar refractivity (Wildman–Crippen MR) is 79.2 cm³/mol. The zero-order valence-corrected chi connectivity index (χ0v) is 12.8. The maximum absolute atomic E-state index is 10.7. The van der Waals surface area contributed by atoms with Crippen molar-refractivity contribution in [2.45, 2.75) is 13.0 Å². The fourth-order valence-corrected chi connectivity index (χ4v) is 2.98. The third-order valence-electron chi connectivity index (χ3n) is 3.22. The highest BCUT2D eigenvalue weighted by Crippen LogP contribution is 2.41. The highest BCUT2D eigenvalue weighted by molar-refractivity contribution is 7.08. The number of benzene rings is 1. The Morgan fingerprint density at radius 3 is 2.00 bits per heavy atom. The van der Waals surface area contributed by atoms with Gasteiger partial charge in [0.15, 0.2) is 0 Å². The van der Waals surface area contributed by atoms with E-state index in [4.69, 9.17) is 14.2 Å². The Hall–Kier alpha value is -1.72. The molecule has 2 aromatic rings. The van der Waals surface area contributed by atoms with Gasteiger partial charge in [-0.3, -0.25) is 0 Å². The number of thiophene rings is 1. The summed E-state index contributed by atoms with van der Waals surface area (Å²) in [6, 6.07) is 3.48. The van der Waals surface area contributed by atoms with Gasteiger partial charge in [-0.1, -0.05) is 0 Å². The van der Waals surface area contributed by atoms with Crippen molar-refractivity contribution in [1.82, 2.24) is 0 Å². The standard InChI is InChI=1S/C15H18O4S/c1-9-7-20-8-11(9)15(16)14-12(18-3)5-10(17-2)6-13(14)19-4/h5-8,15-16H,1-4H3. The largest absolute Gasteiger partial charge is 0.496 e. The Kier molecular flexibility index (Phi) is 4.52. The SMILES string of the molecule is COc1cc(OC)c(C(O)c2cscc2C)c(OC)c1. The quantitative estimate of drug-likeness (QED) is 0.920. The van der Waals surface area contributed by atoms with E-state index in [1.165, 1.54) is 0 Å². The first-order chi connectivity index (χ1) is 9.62. The van der Waals surface area contributed by atoms with Crippen LogP contribution in [-0.2, 0) is 0 Å². The number of aliphatic hydroxyl groups is 1. The lowest BCUT2D eigenvalue weighted by Crippen LogP contribution is -2.06. The predicted octanol–water partition coefficient (Wildman–Crippen LogP) is 3.16. The second kappa shape index (κ2) is 6.15. The molecular weight excluding hydrogens is 276 g/mol. The molecule has 0 amide bonds. The van der Waals surface area contributed by atoms with Gasteiger partial charge in [0.2, 0.25) is 0 Å². The van der Waals surface area contributed by atoms with Gasteiger partial charge in [-0.05, 0) is 28.8 Å². The molecule has 108 valence electrons. The molecule has 20 heavy (non-hydrogen) atoms. The van der Waals surface area contributed by atoms with Crippen molar-refractivity contribution >= 4 is 11.3 Å². The van der Waals surface area contributed by atoms with Crippen LogP contribution in [0.4, 0.5) is 0 Å². The maximum atomic E-state index is 10.7. The van der Waals surface area contributed by atoms with Crippen molar-refractivity contribution < 1.29 is 19.3 Å². The minimum Gasteiger partial charge on any atom is -0.496 e. The highest BCUT2D eigenvalue weighted by Gasteiger charge is 2.23. The molecule has 4 nitrogen and oxygen atoms in total. The average Bonchev–Trinajstić information content (AvgIpc) is 2.91. The van der Waals surface area contributed by atoms with Gasteiger partial charge in [0, 0.05) is 12.1 Å². The molecule has 0 aliphatic rings. The van der Waals surface area contributed by atoms with Gasteiger partial charge in [-0.15, -0.1) is 0 Å². The summed E-state index contributed by atoms with van der Waals surface area (Å²) in [5, 5.41) is 14.6. The van der Waals surface area contributed by atoms with E-state index in [1.807, 2.05) is 17.7 Å². The number of methoxy groups -OCH3 is 3. The number of aliphatic hydroxyl groups excluding tert-OH is 1. The lowest BCUT2D eigenvalue weighted by molar-refractivity contribution is 0.208. The molecule has 2 rings (SSSR count). The second-order valence-corrected chi connectivity index (χ2v) is 5.10. The fraction of sp³-hybridized carbons (Fsp3) is 0.333. The molecule has 1 heterocycles. The van der Waals surface area contributed by atoms with E-state index in [0.29, 0.717) is 22.8 Å². The zero-order chi connectivity index (χ0) is 14.7. The van der Waals surface area contributed by atoms with E-state index >= 15 is 0 Å². The summed E-state index contributed by atoms with van der Waals surface area (Å²) >= 11 is 1.56. The monoisotopic (exact) mass is 294 g/mol. The Bertz CT molecular complexity index is 566. The molecule has 1 unspecified atom stereocenters. The molecule has 1 aromatic heterocycles. The van der Waals surface area contributed by atoms with E-state index in [2.05, 4.69) is 0 Å². The molecule has 0 saturated carbocycles. The van der Waals surface area contributed by atoms with Crippen LogP contribution in [0.15, 0.2) is 22.9 Å². The molecule has 0 aliphatic carbocycles. The van der Waals surface area contributed by atoms with E-state index < -0.39 is 6.10 Å². The summed E-state index contributed by atoms with van der Waals surface area (Å²) in [7, 11) is 4.70. The maximum Gasteiger partial charge on any atom is 0.132 e. The van der Waals surface area contributed by atoms with Gasteiger partial charge in [0.25, 0.3) is 0 Å². The van der Waals surface area contributed by atoms with Crippen LogP contribution < -0.4 is 14.2 Å². The van der Waals surface area contributed by atoms with E-state index in [1.54, 1.807) is 44.8 Å². The molecule has 0 aliphatic heterocycles. The van der Waals surface area contributed by atoms with Gasteiger partial charge >= 0.3 is 0 Å². The zero-order valence-electron chi connectivity index (χ0n) is 12.0. The van der Waals surface area contributed by atoms with Crippen LogP contribution in [0.1, 0.15) is 22.8 Å². The molecule has 0 fully saturated rings. The highest BCUT2D eigenvalue weighted by atomic mass is 32.1. The molecular formula is C15H18O4S. The number of rotatable bonds is 5. The van der Waals surface area contributed by atoms with Gasteiger partial charge in [-0.25, -0.2) is 0 Å². The number of ether oxygens (including phenoxy) is 3. The normalized spacial score (nSPS) is 12.1. The van der Waals surface area contributed by atoms with Crippen LogP contribution in [-0.4, -0.2) is 26.4 Å². The van der Waals surface area contributed by atoms with Crippen molar-refractivity contribution in [2.75, 3.05) is 21.3 Å². The third kappa shape index (κ3) is 2.59. The molecule has 0 radical (unpaired) electrons. The molecule has 0 saturated heterocycles. The summed E-state index contributed by atoms with van der Waals surface area (Å²) in [5.74, 6) is 1.70. The van der Waals surface area contributed by atoms with Crippen molar-refractivity contribution in [3.8, 4) is 17.2 Å². The first-order valence-electron chi connectivity index (χ1n) is 6.13. The fourth-order valence-electron chi connectivity index (χ4n) is 2.11. The molecule has 0 bridgehead atoms. The molecule has 5 heteroatoms. The summed E-state index contributed by atoms with van der Waals surface area (Å²) in [4.78, 5) is 0. The summed E-state index contributed by atoms with van der Waals surface area (Å²) < 4.78 is 16.0. The van der Waals surface area contributed by atoms with Crippen molar-refractivity contribution in [3.05, 3.63) is 39.6 Å². The third-order valence-corrected chi connectivity index (χ3v) is 4.10. The van der Waals surface area contributed by atoms with Crippen LogP contribution in [0.25, 0.3) is 0 Å². The van der Waals surface area contributed by atoms with Crippen molar-refractivity contribution in [2.24, 2.45) is 0 Å². The Labute approximate surface area is 122 Å². The van der Waals surface area contributed by atoms with Gasteiger partial charge in [0.1, 0.15) is 23.4 Å². The van der Waals surface area contributed by atoms with Gasteiger partial charge in [-0.2, -0.15) is 11.3 Å². The van der Waals surface area contributed by atoms with Crippen LogP contribution in [0.3, 0.4) is 0 Å². The minimum atomic E-state index is -0.794. The Morgan fingerprint density at radius 1 is 1.00 bits per heavy atom. The van der Waals surface area contributed by atoms with E-state index in [-0.39, 0.29) is 0 Å². The van der Waals surface area contributed by atoms with Gasteiger partial charge < -0.3 is 19.3 Å². The van der Waals surface area contributed by atoms with Crippen LogP contribution in [0.2, 0.25) is 0 Å².